The van der Waals surface area contributed by atoms with E-state index in [1.807, 2.05) is 0 Å². The quantitative estimate of drug-likeness (QED) is 0.768. The Morgan fingerprint density at radius 1 is 1.33 bits per heavy atom. The summed E-state index contributed by atoms with van der Waals surface area (Å²) in [6, 6.07) is 4.07. The highest BCUT2D eigenvalue weighted by atomic mass is 35.5. The van der Waals surface area contributed by atoms with Crippen LogP contribution in [0.15, 0.2) is 18.2 Å². The summed E-state index contributed by atoms with van der Waals surface area (Å²) in [5.41, 5.74) is 0.699. The Hall–Kier alpha value is -0.880. The molecule has 2 rings (SSSR count). The number of benzene rings is 1. The van der Waals surface area contributed by atoms with Crippen LogP contribution >= 0.6 is 12.4 Å². The van der Waals surface area contributed by atoms with Gasteiger partial charge < -0.3 is 15.5 Å². The van der Waals surface area contributed by atoms with Crippen LogP contribution in [0.1, 0.15) is 11.6 Å². The minimum Gasteiger partial charge on any atom is -0.505 e. The van der Waals surface area contributed by atoms with E-state index in [1.54, 1.807) is 6.07 Å². The largest absolute Gasteiger partial charge is 0.505 e. The van der Waals surface area contributed by atoms with Gasteiger partial charge in [-0.1, -0.05) is 6.07 Å². The first-order chi connectivity index (χ1) is 8.22. The van der Waals surface area contributed by atoms with Crippen LogP contribution in [0.4, 0.5) is 4.39 Å². The van der Waals surface area contributed by atoms with Crippen LogP contribution in [0, 0.1) is 5.82 Å². The monoisotopic (exact) mass is 276 g/mol. The molecule has 1 heterocycles. The molecule has 1 aromatic rings. The van der Waals surface area contributed by atoms with E-state index in [4.69, 9.17) is 5.11 Å². The third-order valence-corrected chi connectivity index (χ3v) is 3.12. The molecule has 1 atom stereocenters. The Kier molecular flexibility index (Phi) is 5.81. The predicted octanol–water partition coefficient (Wildman–Crippen LogP) is 0.892. The molecule has 1 aliphatic rings. The fourth-order valence-corrected chi connectivity index (χ4v) is 2.16. The topological polar surface area (TPSA) is 55.7 Å². The lowest BCUT2D eigenvalue weighted by atomic mass is 10.0. The lowest BCUT2D eigenvalue weighted by molar-refractivity contribution is 0.110. The van der Waals surface area contributed by atoms with Crippen molar-refractivity contribution in [2.24, 2.45) is 0 Å². The van der Waals surface area contributed by atoms with Crippen molar-refractivity contribution >= 4 is 12.4 Å². The molecule has 0 amide bonds. The van der Waals surface area contributed by atoms with Crippen LogP contribution in [0.25, 0.3) is 0 Å². The van der Waals surface area contributed by atoms with E-state index in [-0.39, 0.29) is 30.8 Å². The van der Waals surface area contributed by atoms with Gasteiger partial charge in [0.2, 0.25) is 0 Å². The lowest BCUT2D eigenvalue weighted by Crippen LogP contribution is -2.46. The maximum atomic E-state index is 13.3. The first kappa shape index (κ1) is 15.2. The van der Waals surface area contributed by atoms with E-state index in [2.05, 4.69) is 10.2 Å². The van der Waals surface area contributed by atoms with Crippen molar-refractivity contribution in [1.82, 2.24) is 10.2 Å². The van der Waals surface area contributed by atoms with Gasteiger partial charge in [-0.15, -0.1) is 12.4 Å². The Labute approximate surface area is 112 Å². The zero-order valence-electron chi connectivity index (χ0n) is 9.97. The molecule has 0 spiro atoms. The van der Waals surface area contributed by atoms with Crippen molar-refractivity contribution < 1.29 is 14.6 Å². The van der Waals surface area contributed by atoms with Crippen LogP contribution < -0.4 is 5.32 Å². The molecule has 1 fully saturated rings. The van der Waals surface area contributed by atoms with E-state index >= 15 is 0 Å². The second-order valence-electron chi connectivity index (χ2n) is 4.20. The van der Waals surface area contributed by atoms with Gasteiger partial charge in [0.15, 0.2) is 11.6 Å². The minimum atomic E-state index is -0.643. The number of aromatic hydroxyl groups is 1. The van der Waals surface area contributed by atoms with Crippen LogP contribution in [-0.2, 0) is 0 Å². The molecular weight excluding hydrogens is 259 g/mol. The number of hydrogen-bond donors (Lipinski definition) is 3. The van der Waals surface area contributed by atoms with Crippen LogP contribution in [0.2, 0.25) is 0 Å². The van der Waals surface area contributed by atoms with Gasteiger partial charge in [0, 0.05) is 26.2 Å². The summed E-state index contributed by atoms with van der Waals surface area (Å²) in [5.74, 6) is -0.998. The molecule has 18 heavy (non-hydrogen) atoms. The van der Waals surface area contributed by atoms with Gasteiger partial charge in [0.25, 0.3) is 0 Å². The Bertz CT molecular complexity index is 386. The maximum Gasteiger partial charge on any atom is 0.165 e. The number of phenolic OH excluding ortho intramolecular Hbond substituents is 1. The molecule has 0 radical (unpaired) electrons. The van der Waals surface area contributed by atoms with Crippen molar-refractivity contribution in [3.63, 3.8) is 0 Å². The van der Waals surface area contributed by atoms with Crippen molar-refractivity contribution in [2.75, 3.05) is 32.8 Å². The average molecular weight is 277 g/mol. The van der Waals surface area contributed by atoms with E-state index in [9.17, 15) is 9.50 Å². The van der Waals surface area contributed by atoms with Gasteiger partial charge in [0.05, 0.1) is 12.6 Å². The summed E-state index contributed by atoms with van der Waals surface area (Å²) >= 11 is 0. The molecule has 4 nitrogen and oxygen atoms in total. The number of aliphatic hydroxyl groups excluding tert-OH is 1. The van der Waals surface area contributed by atoms with Crippen molar-refractivity contribution in [3.8, 4) is 5.75 Å². The number of nitrogens with zero attached hydrogens (tertiary/aromatic N) is 1. The zero-order valence-corrected chi connectivity index (χ0v) is 10.8. The van der Waals surface area contributed by atoms with E-state index in [1.165, 1.54) is 12.1 Å². The second-order valence-corrected chi connectivity index (χ2v) is 4.20. The van der Waals surface area contributed by atoms with Crippen LogP contribution in [0.5, 0.6) is 5.75 Å². The minimum absolute atomic E-state index is 0. The standard InChI is InChI=1S/C12H17FN2O2.ClH/c13-10-7-9(1-2-12(10)17)11(8-16)15-5-3-14-4-6-15;/h1-2,7,11,14,16-17H,3-6,8H2;1H/t11-;/m0./s1. The lowest BCUT2D eigenvalue weighted by Gasteiger charge is -2.34. The Morgan fingerprint density at radius 2 is 2.00 bits per heavy atom. The van der Waals surface area contributed by atoms with E-state index < -0.39 is 5.82 Å². The number of rotatable bonds is 3. The highest BCUT2D eigenvalue weighted by Crippen LogP contribution is 2.25. The molecule has 6 heteroatoms. The first-order valence-corrected chi connectivity index (χ1v) is 5.76. The first-order valence-electron chi connectivity index (χ1n) is 5.76. The SMILES string of the molecule is Cl.OC[C@@H](c1ccc(O)c(F)c1)N1CCNCC1. The second kappa shape index (κ2) is 6.89. The molecule has 102 valence electrons. The maximum absolute atomic E-state index is 13.3. The summed E-state index contributed by atoms with van der Waals surface area (Å²) in [4.78, 5) is 2.11. The molecule has 0 unspecified atom stereocenters. The number of aliphatic hydroxyl groups is 1. The molecular formula is C12H18ClFN2O2. The normalized spacial score (nSPS) is 18.1. The Balaban J connectivity index is 0.00000162. The van der Waals surface area contributed by atoms with Gasteiger partial charge >= 0.3 is 0 Å². The molecule has 0 aromatic heterocycles. The number of hydrogen-bond acceptors (Lipinski definition) is 4. The van der Waals surface area contributed by atoms with Crippen LogP contribution in [-0.4, -0.2) is 47.9 Å². The zero-order chi connectivity index (χ0) is 12.3. The molecule has 0 saturated carbocycles. The summed E-state index contributed by atoms with van der Waals surface area (Å²) in [6.07, 6.45) is 0. The number of piperazine rings is 1. The van der Waals surface area contributed by atoms with Gasteiger partial charge in [-0.3, -0.25) is 4.90 Å². The summed E-state index contributed by atoms with van der Waals surface area (Å²) < 4.78 is 13.3. The van der Waals surface area contributed by atoms with Crippen molar-refractivity contribution in [1.29, 1.82) is 0 Å². The van der Waals surface area contributed by atoms with E-state index in [0.29, 0.717) is 5.56 Å². The molecule has 1 saturated heterocycles. The highest BCUT2D eigenvalue weighted by molar-refractivity contribution is 5.85. The predicted molar refractivity (Wildman–Crippen MR) is 69.6 cm³/mol. The molecule has 0 bridgehead atoms. The smallest absolute Gasteiger partial charge is 0.165 e. The Morgan fingerprint density at radius 3 is 2.56 bits per heavy atom. The highest BCUT2D eigenvalue weighted by Gasteiger charge is 2.22. The van der Waals surface area contributed by atoms with Gasteiger partial charge in [-0.25, -0.2) is 4.39 Å². The van der Waals surface area contributed by atoms with Gasteiger partial charge in [-0.2, -0.15) is 0 Å². The van der Waals surface area contributed by atoms with Crippen LogP contribution in [0.3, 0.4) is 0 Å². The summed E-state index contributed by atoms with van der Waals surface area (Å²) in [6.45, 7) is 3.35. The summed E-state index contributed by atoms with van der Waals surface area (Å²) in [5, 5.41) is 21.8. The molecule has 0 aliphatic carbocycles. The number of phenols is 1. The number of halogens is 2. The third kappa shape index (κ3) is 3.32. The fraction of sp³-hybridized carbons (Fsp3) is 0.500. The van der Waals surface area contributed by atoms with Crippen molar-refractivity contribution in [2.45, 2.75) is 6.04 Å². The summed E-state index contributed by atoms with van der Waals surface area (Å²) in [7, 11) is 0. The van der Waals surface area contributed by atoms with Gasteiger partial charge in [0.1, 0.15) is 0 Å². The molecule has 1 aliphatic heterocycles. The molecule has 1 aromatic carbocycles. The third-order valence-electron chi connectivity index (χ3n) is 3.12. The van der Waals surface area contributed by atoms with Gasteiger partial charge in [-0.05, 0) is 17.7 Å². The van der Waals surface area contributed by atoms with E-state index in [0.717, 1.165) is 26.2 Å². The average Bonchev–Trinajstić information content (AvgIpc) is 2.36. The molecule has 3 N–H and O–H groups in total. The fourth-order valence-electron chi connectivity index (χ4n) is 2.16. The van der Waals surface area contributed by atoms with Crippen molar-refractivity contribution in [3.05, 3.63) is 29.6 Å². The number of nitrogens with one attached hydrogen (secondary N) is 1.